The van der Waals surface area contributed by atoms with Gasteiger partial charge in [-0.1, -0.05) is 37.3 Å². The maximum absolute atomic E-state index is 12.4. The number of nitrogens with zero attached hydrogens (tertiary/aromatic N) is 1. The van der Waals surface area contributed by atoms with Crippen molar-refractivity contribution in [2.75, 3.05) is 14.1 Å². The normalized spacial score (nSPS) is 17.0. The number of hydrogen-bond acceptors (Lipinski definition) is 3. The third-order valence-electron chi connectivity index (χ3n) is 4.14. The second-order valence-corrected chi connectivity index (χ2v) is 8.62. The van der Waals surface area contributed by atoms with Crippen LogP contribution < -0.4 is 5.32 Å². The smallest absolute Gasteiger partial charge is 0.251 e. The summed E-state index contributed by atoms with van der Waals surface area (Å²) >= 11 is 6.01. The average molecular weight is 359 g/mol. The molecule has 1 amide bonds. The van der Waals surface area contributed by atoms with Gasteiger partial charge in [0.1, 0.15) is 4.90 Å². The van der Waals surface area contributed by atoms with Crippen molar-refractivity contribution in [1.82, 2.24) is 9.62 Å². The highest BCUT2D eigenvalue weighted by Crippen LogP contribution is 2.25. The van der Waals surface area contributed by atoms with Crippen LogP contribution in [0.4, 0.5) is 0 Å². The number of halogens is 1. The number of amides is 1. The Labute approximate surface area is 143 Å². The topological polar surface area (TPSA) is 66.5 Å². The van der Waals surface area contributed by atoms with E-state index in [-0.39, 0.29) is 21.9 Å². The van der Waals surface area contributed by atoms with E-state index in [1.165, 1.54) is 39.1 Å². The summed E-state index contributed by atoms with van der Waals surface area (Å²) in [5.74, 6) is -0.247. The Morgan fingerprint density at radius 1 is 1.17 bits per heavy atom. The highest BCUT2D eigenvalue weighted by Gasteiger charge is 2.23. The van der Waals surface area contributed by atoms with Crippen molar-refractivity contribution in [3.63, 3.8) is 0 Å². The van der Waals surface area contributed by atoms with Gasteiger partial charge in [0.25, 0.3) is 5.91 Å². The van der Waals surface area contributed by atoms with Crippen LogP contribution in [-0.2, 0) is 10.0 Å². The van der Waals surface area contributed by atoms with Crippen LogP contribution in [-0.4, -0.2) is 38.8 Å². The minimum absolute atomic E-state index is 0.0438. The van der Waals surface area contributed by atoms with E-state index in [0.717, 1.165) is 30.0 Å². The molecule has 1 aromatic carbocycles. The lowest BCUT2D eigenvalue weighted by atomic mass is 10.1. The molecule has 0 spiro atoms. The lowest BCUT2D eigenvalue weighted by Gasteiger charge is -2.17. The van der Waals surface area contributed by atoms with Gasteiger partial charge in [-0.2, -0.15) is 0 Å². The second kappa shape index (κ2) is 7.64. The number of nitrogens with one attached hydrogen (secondary N) is 1. The van der Waals surface area contributed by atoms with Gasteiger partial charge in [-0.15, -0.1) is 0 Å². The summed E-state index contributed by atoms with van der Waals surface area (Å²) in [5, 5.41) is 3.13. The van der Waals surface area contributed by atoms with Crippen LogP contribution in [0.2, 0.25) is 5.02 Å². The van der Waals surface area contributed by atoms with Crippen LogP contribution in [0.15, 0.2) is 23.1 Å². The molecule has 1 N–H and O–H groups in total. The van der Waals surface area contributed by atoms with Crippen LogP contribution in [0.5, 0.6) is 0 Å². The summed E-state index contributed by atoms with van der Waals surface area (Å²) in [6.45, 7) is 0. The third-order valence-corrected chi connectivity index (χ3v) is 6.44. The third kappa shape index (κ3) is 4.46. The molecular formula is C16H23ClN2O3S. The molecule has 7 heteroatoms. The van der Waals surface area contributed by atoms with Crippen molar-refractivity contribution in [1.29, 1.82) is 0 Å². The largest absolute Gasteiger partial charge is 0.349 e. The quantitative estimate of drug-likeness (QED) is 0.841. The molecule has 1 saturated carbocycles. The fraction of sp³-hybridized carbons (Fsp3) is 0.562. The maximum Gasteiger partial charge on any atom is 0.251 e. The molecule has 5 nitrogen and oxygen atoms in total. The fourth-order valence-corrected chi connectivity index (χ4v) is 4.13. The van der Waals surface area contributed by atoms with Crippen molar-refractivity contribution in [2.24, 2.45) is 0 Å². The van der Waals surface area contributed by atoms with Crippen LogP contribution in [0.1, 0.15) is 48.9 Å². The van der Waals surface area contributed by atoms with E-state index >= 15 is 0 Å². The molecule has 0 radical (unpaired) electrons. The van der Waals surface area contributed by atoms with Crippen LogP contribution >= 0.6 is 11.6 Å². The first-order valence-corrected chi connectivity index (χ1v) is 9.67. The summed E-state index contributed by atoms with van der Waals surface area (Å²) < 4.78 is 25.6. The Morgan fingerprint density at radius 3 is 2.35 bits per heavy atom. The Hall–Kier alpha value is -1.11. The van der Waals surface area contributed by atoms with Crippen molar-refractivity contribution >= 4 is 27.5 Å². The predicted molar refractivity (Wildman–Crippen MR) is 91.3 cm³/mol. The van der Waals surface area contributed by atoms with Crippen molar-refractivity contribution in [2.45, 2.75) is 49.5 Å². The number of carbonyl (C=O) groups is 1. The highest BCUT2D eigenvalue weighted by atomic mass is 35.5. The minimum atomic E-state index is -3.68. The molecule has 0 bridgehead atoms. The van der Waals surface area contributed by atoms with Crippen molar-refractivity contribution in [3.05, 3.63) is 28.8 Å². The lowest BCUT2D eigenvalue weighted by molar-refractivity contribution is 0.0933. The van der Waals surface area contributed by atoms with Gasteiger partial charge in [-0.25, -0.2) is 12.7 Å². The number of carbonyl (C=O) groups excluding carboxylic acids is 1. The summed E-state index contributed by atoms with van der Waals surface area (Å²) in [4.78, 5) is 12.4. The first-order valence-electron chi connectivity index (χ1n) is 7.85. The summed E-state index contributed by atoms with van der Waals surface area (Å²) in [5.41, 5.74) is 0.319. The monoisotopic (exact) mass is 358 g/mol. The van der Waals surface area contributed by atoms with E-state index in [0.29, 0.717) is 5.56 Å². The Balaban J connectivity index is 2.21. The highest BCUT2D eigenvalue weighted by molar-refractivity contribution is 7.89. The predicted octanol–water partition coefficient (Wildman–Crippen LogP) is 3.04. The standard InChI is InChI=1S/C16H23ClN2O3S/c1-19(2)23(21,22)15-11-12(9-10-14(15)17)16(20)18-13-7-5-3-4-6-8-13/h9-11,13H,3-8H2,1-2H3,(H,18,20). The van der Waals surface area contributed by atoms with Gasteiger partial charge in [0.15, 0.2) is 0 Å². The van der Waals surface area contributed by atoms with Gasteiger partial charge in [0, 0.05) is 25.7 Å². The van der Waals surface area contributed by atoms with E-state index in [4.69, 9.17) is 11.6 Å². The SMILES string of the molecule is CN(C)S(=O)(=O)c1cc(C(=O)NC2CCCCCC2)ccc1Cl. The maximum atomic E-state index is 12.4. The molecule has 0 unspecified atom stereocenters. The molecule has 23 heavy (non-hydrogen) atoms. The van der Waals surface area contributed by atoms with Gasteiger partial charge in [0.05, 0.1) is 5.02 Å². The van der Waals surface area contributed by atoms with Crippen LogP contribution in [0.25, 0.3) is 0 Å². The zero-order valence-electron chi connectivity index (χ0n) is 13.5. The molecule has 0 saturated heterocycles. The fourth-order valence-electron chi connectivity index (χ4n) is 2.73. The van der Waals surface area contributed by atoms with E-state index in [9.17, 15) is 13.2 Å². The van der Waals surface area contributed by atoms with Gasteiger partial charge >= 0.3 is 0 Å². The molecule has 0 aliphatic heterocycles. The molecule has 0 heterocycles. The van der Waals surface area contributed by atoms with Gasteiger partial charge in [0.2, 0.25) is 10.0 Å². The first kappa shape index (κ1) is 18.2. The zero-order valence-corrected chi connectivity index (χ0v) is 15.1. The van der Waals surface area contributed by atoms with Gasteiger partial charge in [-0.05, 0) is 31.0 Å². The van der Waals surface area contributed by atoms with E-state index in [1.807, 2.05) is 0 Å². The van der Waals surface area contributed by atoms with E-state index < -0.39 is 10.0 Å². The average Bonchev–Trinajstić information content (AvgIpc) is 2.75. The minimum Gasteiger partial charge on any atom is -0.349 e. The van der Waals surface area contributed by atoms with E-state index in [1.54, 1.807) is 6.07 Å². The molecule has 2 rings (SSSR count). The summed E-state index contributed by atoms with van der Waals surface area (Å²) in [6.07, 6.45) is 6.60. The molecule has 0 aromatic heterocycles. The Kier molecular flexibility index (Phi) is 6.06. The lowest BCUT2D eigenvalue weighted by Crippen LogP contribution is -2.34. The molecule has 1 aliphatic rings. The number of hydrogen-bond donors (Lipinski definition) is 1. The number of benzene rings is 1. The molecule has 1 fully saturated rings. The van der Waals surface area contributed by atoms with E-state index in [2.05, 4.69) is 5.32 Å². The van der Waals surface area contributed by atoms with Crippen LogP contribution in [0.3, 0.4) is 0 Å². The molecule has 1 aromatic rings. The molecular weight excluding hydrogens is 336 g/mol. The van der Waals surface area contributed by atoms with Crippen molar-refractivity contribution < 1.29 is 13.2 Å². The van der Waals surface area contributed by atoms with Crippen LogP contribution in [0, 0.1) is 0 Å². The summed E-state index contributed by atoms with van der Waals surface area (Å²) in [7, 11) is -0.812. The number of rotatable bonds is 4. The molecule has 128 valence electrons. The molecule has 1 aliphatic carbocycles. The molecule has 0 atom stereocenters. The Bertz CT molecular complexity index is 666. The second-order valence-electron chi connectivity index (χ2n) is 6.09. The van der Waals surface area contributed by atoms with Crippen molar-refractivity contribution in [3.8, 4) is 0 Å². The first-order chi connectivity index (χ1) is 10.8. The Morgan fingerprint density at radius 2 is 1.78 bits per heavy atom. The summed E-state index contributed by atoms with van der Waals surface area (Å²) in [6, 6.07) is 4.53. The van der Waals surface area contributed by atoms with Gasteiger partial charge in [-0.3, -0.25) is 4.79 Å². The zero-order chi connectivity index (χ0) is 17.0. The number of sulfonamides is 1. The van der Waals surface area contributed by atoms with Gasteiger partial charge < -0.3 is 5.32 Å².